The Kier molecular flexibility index (Phi) is 8.16. The molecule has 1 atom stereocenters. The van der Waals surface area contributed by atoms with E-state index in [9.17, 15) is 18.0 Å². The van der Waals surface area contributed by atoms with Gasteiger partial charge in [0.25, 0.3) is 0 Å². The molecule has 0 saturated carbocycles. The van der Waals surface area contributed by atoms with E-state index >= 15 is 0 Å². The van der Waals surface area contributed by atoms with Crippen LogP contribution in [0.3, 0.4) is 0 Å². The summed E-state index contributed by atoms with van der Waals surface area (Å²) in [4.78, 5) is 29.0. The SMILES string of the molecule is Cc1c(CN2CCN(C(=O)OC(C)(C)C)C(C)C2)cc(Cl)cc1C(=O)CCS(C)(=O)=O. The zero-order chi connectivity index (χ0) is 23.6. The number of carbonyl (C=O) groups excluding carboxylic acids is 2. The van der Waals surface area contributed by atoms with Crippen molar-refractivity contribution in [3.05, 3.63) is 33.8 Å². The van der Waals surface area contributed by atoms with Gasteiger partial charge < -0.3 is 9.64 Å². The summed E-state index contributed by atoms with van der Waals surface area (Å²) in [6.45, 7) is 11.9. The minimum absolute atomic E-state index is 0.0149. The molecule has 1 saturated heterocycles. The van der Waals surface area contributed by atoms with Gasteiger partial charge in [0.15, 0.2) is 5.78 Å². The molecule has 174 valence electrons. The molecule has 0 N–H and O–H groups in total. The standard InChI is InChI=1S/C22H33ClN2O5S/c1-15-13-24(8-9-25(15)21(27)30-22(3,4)5)14-17-11-18(23)12-19(16(17)2)20(26)7-10-31(6,28)29/h11-12,15H,7-10,13-14H2,1-6H3. The van der Waals surface area contributed by atoms with E-state index in [1.165, 1.54) is 0 Å². The normalized spacial score (nSPS) is 18.2. The van der Waals surface area contributed by atoms with Crippen LogP contribution in [0, 0.1) is 6.92 Å². The molecule has 0 spiro atoms. The Labute approximate surface area is 190 Å². The largest absolute Gasteiger partial charge is 0.444 e. The first-order valence-electron chi connectivity index (χ1n) is 10.4. The van der Waals surface area contributed by atoms with Crippen molar-refractivity contribution in [1.82, 2.24) is 9.80 Å². The molecule has 1 aliphatic rings. The molecule has 1 heterocycles. The number of hydrogen-bond donors (Lipinski definition) is 0. The van der Waals surface area contributed by atoms with Crippen molar-refractivity contribution in [2.45, 2.75) is 59.2 Å². The number of amides is 1. The second-order valence-electron chi connectivity index (χ2n) is 9.30. The van der Waals surface area contributed by atoms with Crippen LogP contribution >= 0.6 is 11.6 Å². The third-order valence-corrected chi connectivity index (χ3v) is 6.38. The number of sulfone groups is 1. The van der Waals surface area contributed by atoms with Crippen LogP contribution in [0.5, 0.6) is 0 Å². The van der Waals surface area contributed by atoms with Crippen molar-refractivity contribution >= 4 is 33.3 Å². The third-order valence-electron chi connectivity index (χ3n) is 5.21. The van der Waals surface area contributed by atoms with Gasteiger partial charge in [-0.1, -0.05) is 11.6 Å². The van der Waals surface area contributed by atoms with Crippen LogP contribution in [0.4, 0.5) is 4.79 Å². The molecule has 1 unspecified atom stereocenters. The van der Waals surface area contributed by atoms with E-state index in [-0.39, 0.29) is 30.1 Å². The maximum atomic E-state index is 12.6. The van der Waals surface area contributed by atoms with Gasteiger partial charge in [0.1, 0.15) is 15.4 Å². The third kappa shape index (κ3) is 7.77. The minimum atomic E-state index is -3.22. The maximum Gasteiger partial charge on any atom is 0.410 e. The van der Waals surface area contributed by atoms with E-state index in [0.717, 1.165) is 17.4 Å². The summed E-state index contributed by atoms with van der Waals surface area (Å²) in [7, 11) is -3.22. The fourth-order valence-corrected chi connectivity index (χ4v) is 4.41. The van der Waals surface area contributed by atoms with Gasteiger partial charge in [0, 0.05) is 55.5 Å². The number of Topliss-reactive ketones (excluding diaryl/α,β-unsaturated/α-hetero) is 1. The van der Waals surface area contributed by atoms with Gasteiger partial charge in [0.05, 0.1) is 5.75 Å². The van der Waals surface area contributed by atoms with Crippen molar-refractivity contribution in [2.24, 2.45) is 0 Å². The molecule has 0 radical (unpaired) electrons. The molecule has 1 fully saturated rings. The lowest BCUT2D eigenvalue weighted by Crippen LogP contribution is -2.54. The van der Waals surface area contributed by atoms with Crippen LogP contribution in [0.25, 0.3) is 0 Å². The quantitative estimate of drug-likeness (QED) is 0.587. The van der Waals surface area contributed by atoms with Crippen LogP contribution in [0.1, 0.15) is 55.6 Å². The Morgan fingerprint density at radius 3 is 2.42 bits per heavy atom. The van der Waals surface area contributed by atoms with E-state index in [2.05, 4.69) is 4.90 Å². The summed E-state index contributed by atoms with van der Waals surface area (Å²) >= 11 is 6.27. The van der Waals surface area contributed by atoms with Crippen LogP contribution in [0.15, 0.2) is 12.1 Å². The molecule has 1 amide bonds. The van der Waals surface area contributed by atoms with Gasteiger partial charge in [-0.15, -0.1) is 0 Å². The average molecular weight is 473 g/mol. The molecule has 0 aromatic heterocycles. The van der Waals surface area contributed by atoms with Crippen molar-refractivity contribution in [1.29, 1.82) is 0 Å². The molecule has 1 aromatic rings. The average Bonchev–Trinajstić information content (AvgIpc) is 2.60. The number of halogens is 1. The second-order valence-corrected chi connectivity index (χ2v) is 12.0. The highest BCUT2D eigenvalue weighted by Crippen LogP contribution is 2.25. The fourth-order valence-electron chi connectivity index (χ4n) is 3.61. The number of ether oxygens (including phenoxy) is 1. The lowest BCUT2D eigenvalue weighted by Gasteiger charge is -2.40. The van der Waals surface area contributed by atoms with Gasteiger partial charge in [-0.2, -0.15) is 0 Å². The Balaban J connectivity index is 2.09. The minimum Gasteiger partial charge on any atom is -0.444 e. The van der Waals surface area contributed by atoms with Crippen molar-refractivity contribution in [3.8, 4) is 0 Å². The summed E-state index contributed by atoms with van der Waals surface area (Å²) in [5.41, 5.74) is 1.66. The van der Waals surface area contributed by atoms with Gasteiger partial charge in [-0.25, -0.2) is 13.2 Å². The highest BCUT2D eigenvalue weighted by atomic mass is 35.5. The van der Waals surface area contributed by atoms with Gasteiger partial charge >= 0.3 is 6.09 Å². The van der Waals surface area contributed by atoms with Crippen molar-refractivity contribution in [3.63, 3.8) is 0 Å². The van der Waals surface area contributed by atoms with Crippen LogP contribution < -0.4 is 0 Å². The van der Waals surface area contributed by atoms with E-state index in [1.807, 2.05) is 40.7 Å². The summed E-state index contributed by atoms with van der Waals surface area (Å²) < 4.78 is 28.3. The summed E-state index contributed by atoms with van der Waals surface area (Å²) in [5, 5.41) is 0.448. The molecule has 31 heavy (non-hydrogen) atoms. The summed E-state index contributed by atoms with van der Waals surface area (Å²) in [6.07, 6.45) is 0.747. The predicted molar refractivity (Wildman–Crippen MR) is 123 cm³/mol. The first-order valence-corrected chi connectivity index (χ1v) is 12.8. The number of rotatable bonds is 6. The molecule has 0 bridgehead atoms. The first-order chi connectivity index (χ1) is 14.2. The lowest BCUT2D eigenvalue weighted by atomic mass is 9.97. The number of hydrogen-bond acceptors (Lipinski definition) is 6. The second kappa shape index (κ2) is 9.88. The molecule has 0 aliphatic carbocycles. The van der Waals surface area contributed by atoms with Crippen LogP contribution in [-0.4, -0.2) is 73.4 Å². The van der Waals surface area contributed by atoms with Gasteiger partial charge in [-0.3, -0.25) is 9.69 Å². The molecular weight excluding hydrogens is 440 g/mol. The van der Waals surface area contributed by atoms with Crippen LogP contribution in [0.2, 0.25) is 5.02 Å². The number of ketones is 1. The van der Waals surface area contributed by atoms with Crippen LogP contribution in [-0.2, 0) is 21.1 Å². The number of benzene rings is 1. The number of piperazine rings is 1. The number of carbonyl (C=O) groups is 2. The predicted octanol–water partition coefficient (Wildman–Crippen LogP) is 3.71. The fraction of sp³-hybridized carbons (Fsp3) is 0.636. The van der Waals surface area contributed by atoms with E-state index < -0.39 is 15.4 Å². The van der Waals surface area contributed by atoms with E-state index in [0.29, 0.717) is 36.8 Å². The zero-order valence-electron chi connectivity index (χ0n) is 19.2. The van der Waals surface area contributed by atoms with Gasteiger partial charge in [-0.05, 0) is 57.9 Å². The van der Waals surface area contributed by atoms with E-state index in [4.69, 9.17) is 16.3 Å². The lowest BCUT2D eigenvalue weighted by molar-refractivity contribution is 0.000520. The molecule has 9 heteroatoms. The highest BCUT2D eigenvalue weighted by Gasteiger charge is 2.31. The Morgan fingerprint density at radius 1 is 1.23 bits per heavy atom. The first kappa shape index (κ1) is 25.6. The number of nitrogens with zero attached hydrogens (tertiary/aromatic N) is 2. The molecule has 7 nitrogen and oxygen atoms in total. The van der Waals surface area contributed by atoms with E-state index in [1.54, 1.807) is 11.0 Å². The monoisotopic (exact) mass is 472 g/mol. The van der Waals surface area contributed by atoms with Crippen molar-refractivity contribution < 1.29 is 22.7 Å². The molecule has 1 aliphatic heterocycles. The Hall–Kier alpha value is -1.64. The smallest absolute Gasteiger partial charge is 0.410 e. The molecular formula is C22H33ClN2O5S. The maximum absolute atomic E-state index is 12.6. The molecule has 2 rings (SSSR count). The van der Waals surface area contributed by atoms with Crippen molar-refractivity contribution in [2.75, 3.05) is 31.6 Å². The Bertz CT molecular complexity index is 940. The highest BCUT2D eigenvalue weighted by molar-refractivity contribution is 7.90. The summed E-state index contributed by atoms with van der Waals surface area (Å²) in [6, 6.07) is 3.43. The topological polar surface area (TPSA) is 84.0 Å². The molecule has 1 aromatic carbocycles. The summed E-state index contributed by atoms with van der Waals surface area (Å²) in [5.74, 6) is -0.410. The Morgan fingerprint density at radius 2 is 1.87 bits per heavy atom. The zero-order valence-corrected chi connectivity index (χ0v) is 20.8. The van der Waals surface area contributed by atoms with Gasteiger partial charge in [0.2, 0.25) is 0 Å².